The quantitative estimate of drug-likeness (QED) is 0.674. The van der Waals surface area contributed by atoms with Crippen LogP contribution in [0.15, 0.2) is 18.2 Å². The Morgan fingerprint density at radius 3 is 2.78 bits per heavy atom. The first-order chi connectivity index (χ1) is 15.6. The van der Waals surface area contributed by atoms with E-state index in [1.54, 1.807) is 4.90 Å². The number of likely N-dealkylation sites (tertiary alicyclic amines) is 1. The van der Waals surface area contributed by atoms with Crippen LogP contribution in [0.1, 0.15) is 47.2 Å². The van der Waals surface area contributed by atoms with Gasteiger partial charge in [-0.25, -0.2) is 0 Å². The fourth-order valence-corrected chi connectivity index (χ4v) is 6.77. The van der Waals surface area contributed by atoms with Gasteiger partial charge in [-0.2, -0.15) is 0 Å². The summed E-state index contributed by atoms with van der Waals surface area (Å²) < 4.78 is 5.94. The molecule has 2 N–H and O–H groups in total. The van der Waals surface area contributed by atoms with E-state index >= 15 is 0 Å². The molecule has 1 spiro atoms. The minimum atomic E-state index is -0.571. The van der Waals surface area contributed by atoms with Crippen LogP contribution in [0.3, 0.4) is 0 Å². The number of benzene rings is 1. The SMILES string of the molecule is O=C1CCC(N2Cc3c(CN4CC5(CCNCC5)[C@@H]5COC[C@@H]54)cccc3C2=O)C(=O)N1. The second kappa shape index (κ2) is 7.64. The monoisotopic (exact) mass is 438 g/mol. The molecule has 0 aromatic heterocycles. The molecule has 4 saturated heterocycles. The van der Waals surface area contributed by atoms with E-state index in [4.69, 9.17) is 4.74 Å². The molecule has 5 heterocycles. The van der Waals surface area contributed by atoms with Crippen molar-refractivity contribution in [1.82, 2.24) is 20.4 Å². The predicted molar refractivity (Wildman–Crippen MR) is 116 cm³/mol. The Hall–Kier alpha value is -2.29. The maximum atomic E-state index is 13.2. The van der Waals surface area contributed by atoms with Gasteiger partial charge >= 0.3 is 0 Å². The van der Waals surface area contributed by atoms with Crippen molar-refractivity contribution in [3.05, 3.63) is 34.9 Å². The largest absolute Gasteiger partial charge is 0.379 e. The molecule has 0 bridgehead atoms. The fraction of sp³-hybridized carbons (Fsp3) is 0.625. The lowest BCUT2D eigenvalue weighted by atomic mass is 9.70. The van der Waals surface area contributed by atoms with Gasteiger partial charge in [0, 0.05) is 43.6 Å². The summed E-state index contributed by atoms with van der Waals surface area (Å²) in [6, 6.07) is 5.81. The number of carbonyl (C=O) groups excluding carboxylic acids is 3. The summed E-state index contributed by atoms with van der Waals surface area (Å²) in [5.41, 5.74) is 3.23. The van der Waals surface area contributed by atoms with E-state index in [1.807, 2.05) is 12.1 Å². The lowest BCUT2D eigenvalue weighted by molar-refractivity contribution is -0.136. The summed E-state index contributed by atoms with van der Waals surface area (Å²) in [5.74, 6) is -0.134. The summed E-state index contributed by atoms with van der Waals surface area (Å²) in [6.07, 6.45) is 3.06. The van der Waals surface area contributed by atoms with Crippen molar-refractivity contribution in [2.75, 3.05) is 32.8 Å². The third kappa shape index (κ3) is 3.11. The summed E-state index contributed by atoms with van der Waals surface area (Å²) in [6.45, 7) is 6.12. The van der Waals surface area contributed by atoms with E-state index in [2.05, 4.69) is 21.6 Å². The van der Waals surface area contributed by atoms with Gasteiger partial charge in [-0.1, -0.05) is 12.1 Å². The highest BCUT2D eigenvalue weighted by Crippen LogP contribution is 2.49. The van der Waals surface area contributed by atoms with Gasteiger partial charge in [-0.3, -0.25) is 24.6 Å². The highest BCUT2D eigenvalue weighted by Gasteiger charge is 2.54. The zero-order valence-electron chi connectivity index (χ0n) is 18.3. The summed E-state index contributed by atoms with van der Waals surface area (Å²) in [4.78, 5) is 41.3. The normalized spacial score (nSPS) is 31.8. The van der Waals surface area contributed by atoms with Gasteiger partial charge in [0.25, 0.3) is 5.91 Å². The Morgan fingerprint density at radius 2 is 1.97 bits per heavy atom. The number of rotatable bonds is 3. The second-order valence-corrected chi connectivity index (χ2v) is 10.1. The highest BCUT2D eigenvalue weighted by atomic mass is 16.5. The molecule has 3 atom stereocenters. The average Bonchev–Trinajstić information content (AvgIpc) is 3.47. The van der Waals surface area contributed by atoms with Gasteiger partial charge in [-0.05, 0) is 55.0 Å². The molecule has 5 aliphatic rings. The zero-order chi connectivity index (χ0) is 21.9. The number of imide groups is 1. The maximum Gasteiger partial charge on any atom is 0.255 e. The van der Waals surface area contributed by atoms with Crippen LogP contribution in [0.25, 0.3) is 0 Å². The Labute approximate surface area is 187 Å². The van der Waals surface area contributed by atoms with Gasteiger partial charge in [0.2, 0.25) is 11.8 Å². The molecule has 4 fully saturated rings. The van der Waals surface area contributed by atoms with Crippen molar-refractivity contribution in [2.45, 2.75) is 50.9 Å². The molecule has 1 aromatic carbocycles. The van der Waals surface area contributed by atoms with Crippen molar-refractivity contribution in [2.24, 2.45) is 11.3 Å². The van der Waals surface area contributed by atoms with Crippen LogP contribution >= 0.6 is 0 Å². The number of nitrogens with zero attached hydrogens (tertiary/aromatic N) is 2. The topological polar surface area (TPSA) is 91.0 Å². The Bertz CT molecular complexity index is 973. The molecule has 6 rings (SSSR count). The molecular formula is C24H30N4O4. The molecular weight excluding hydrogens is 408 g/mol. The molecule has 32 heavy (non-hydrogen) atoms. The van der Waals surface area contributed by atoms with Crippen molar-refractivity contribution in [3.8, 4) is 0 Å². The van der Waals surface area contributed by atoms with E-state index in [0.29, 0.717) is 35.9 Å². The first kappa shape index (κ1) is 20.3. The number of ether oxygens (including phenoxy) is 1. The molecule has 0 saturated carbocycles. The van der Waals surface area contributed by atoms with Crippen LogP contribution < -0.4 is 10.6 Å². The summed E-state index contributed by atoms with van der Waals surface area (Å²) in [5, 5.41) is 5.89. The van der Waals surface area contributed by atoms with Crippen LogP contribution in [-0.4, -0.2) is 72.5 Å². The van der Waals surface area contributed by atoms with E-state index in [1.165, 1.54) is 18.4 Å². The molecule has 1 aromatic rings. The standard InChI is InChI=1S/C24H30N4O4/c29-21-5-4-19(22(30)26-21)28-11-17-15(2-1-3-16(17)23(28)31)10-27-14-24(6-8-25-9-7-24)18-12-32-13-20(18)27/h1-3,18-20,25H,4-14H2,(H,26,29,30)/t18-,19?,20+/m1/s1. The number of nitrogens with one attached hydrogen (secondary N) is 2. The van der Waals surface area contributed by atoms with Crippen molar-refractivity contribution < 1.29 is 19.1 Å². The Kier molecular flexibility index (Phi) is 4.85. The Balaban J connectivity index is 1.24. The first-order valence-electron chi connectivity index (χ1n) is 11.8. The van der Waals surface area contributed by atoms with Crippen molar-refractivity contribution in [1.29, 1.82) is 0 Å². The molecule has 5 aliphatic heterocycles. The van der Waals surface area contributed by atoms with Crippen LogP contribution in [0, 0.1) is 11.3 Å². The van der Waals surface area contributed by atoms with Gasteiger partial charge in [0.1, 0.15) is 6.04 Å². The van der Waals surface area contributed by atoms with E-state index in [9.17, 15) is 14.4 Å². The molecule has 8 nitrogen and oxygen atoms in total. The van der Waals surface area contributed by atoms with Crippen molar-refractivity contribution in [3.63, 3.8) is 0 Å². The zero-order valence-corrected chi connectivity index (χ0v) is 18.3. The average molecular weight is 439 g/mol. The lowest BCUT2D eigenvalue weighted by Crippen LogP contribution is -2.52. The number of amides is 3. The minimum absolute atomic E-state index is 0.102. The predicted octanol–water partition coefficient (Wildman–Crippen LogP) is 0.648. The Morgan fingerprint density at radius 1 is 1.12 bits per heavy atom. The molecule has 8 heteroatoms. The molecule has 1 unspecified atom stereocenters. The van der Waals surface area contributed by atoms with E-state index < -0.39 is 6.04 Å². The number of hydrogen-bond acceptors (Lipinski definition) is 6. The van der Waals surface area contributed by atoms with Gasteiger partial charge in [0.15, 0.2) is 0 Å². The fourth-order valence-electron chi connectivity index (χ4n) is 6.77. The lowest BCUT2D eigenvalue weighted by Gasteiger charge is -2.38. The van der Waals surface area contributed by atoms with Crippen molar-refractivity contribution >= 4 is 17.7 Å². The van der Waals surface area contributed by atoms with Gasteiger partial charge in [0.05, 0.1) is 13.2 Å². The first-order valence-corrected chi connectivity index (χ1v) is 11.8. The van der Waals surface area contributed by atoms with Crippen LogP contribution in [-0.2, 0) is 27.4 Å². The van der Waals surface area contributed by atoms with E-state index in [-0.39, 0.29) is 24.1 Å². The third-order valence-electron chi connectivity index (χ3n) is 8.48. The smallest absolute Gasteiger partial charge is 0.255 e. The molecule has 0 radical (unpaired) electrons. The molecule has 0 aliphatic carbocycles. The summed E-state index contributed by atoms with van der Waals surface area (Å²) in [7, 11) is 0. The van der Waals surface area contributed by atoms with E-state index in [0.717, 1.165) is 45.0 Å². The maximum absolute atomic E-state index is 13.2. The molecule has 3 amide bonds. The van der Waals surface area contributed by atoms with Crippen LogP contribution in [0.2, 0.25) is 0 Å². The van der Waals surface area contributed by atoms with Crippen LogP contribution in [0.4, 0.5) is 0 Å². The number of fused-ring (bicyclic) bond motifs is 3. The minimum Gasteiger partial charge on any atom is -0.379 e. The highest BCUT2D eigenvalue weighted by molar-refractivity contribution is 6.05. The second-order valence-electron chi connectivity index (χ2n) is 10.1. The van der Waals surface area contributed by atoms with Gasteiger partial charge < -0.3 is 15.0 Å². The number of hydrogen-bond donors (Lipinski definition) is 2. The number of carbonyl (C=O) groups is 3. The third-order valence-corrected chi connectivity index (χ3v) is 8.48. The van der Waals surface area contributed by atoms with Crippen LogP contribution in [0.5, 0.6) is 0 Å². The summed E-state index contributed by atoms with van der Waals surface area (Å²) >= 11 is 0. The van der Waals surface area contributed by atoms with Gasteiger partial charge in [-0.15, -0.1) is 0 Å². The molecule has 170 valence electrons. The number of piperidine rings is 2.